The van der Waals surface area contributed by atoms with Crippen LogP contribution in [0.25, 0.3) is 0 Å². The van der Waals surface area contributed by atoms with E-state index in [-0.39, 0.29) is 5.78 Å². The number of carbonyl (C=O) groups excluding carboxylic acids is 1. The van der Waals surface area contributed by atoms with E-state index in [0.29, 0.717) is 23.7 Å². The highest BCUT2D eigenvalue weighted by atomic mass is 16.5. The number of benzene rings is 2. The minimum atomic E-state index is 0.101. The molecule has 0 aromatic heterocycles. The lowest BCUT2D eigenvalue weighted by atomic mass is 10.0. The zero-order chi connectivity index (χ0) is 15.4. The van der Waals surface area contributed by atoms with Crippen molar-refractivity contribution < 1.29 is 9.53 Å². The van der Waals surface area contributed by atoms with E-state index in [1.165, 1.54) is 0 Å². The summed E-state index contributed by atoms with van der Waals surface area (Å²) in [6.45, 7) is 8.19. The molecule has 0 saturated carbocycles. The maximum absolute atomic E-state index is 12.0. The molecule has 0 N–H and O–H groups in total. The minimum absolute atomic E-state index is 0.101. The van der Waals surface area contributed by atoms with Crippen LogP contribution in [0.4, 0.5) is 0 Å². The lowest BCUT2D eigenvalue weighted by Crippen LogP contribution is -2.01. The third kappa shape index (κ3) is 3.52. The average molecular weight is 282 g/mol. The lowest BCUT2D eigenvalue weighted by molar-refractivity contribution is 0.0986. The van der Waals surface area contributed by atoms with E-state index >= 15 is 0 Å². The molecule has 0 aliphatic rings. The summed E-state index contributed by atoms with van der Waals surface area (Å²) < 4.78 is 6.08. The maximum atomic E-state index is 12.0. The Morgan fingerprint density at radius 1 is 1.10 bits per heavy atom. The Balaban J connectivity index is 2.43. The van der Waals surface area contributed by atoms with Crippen molar-refractivity contribution in [1.82, 2.24) is 0 Å². The number of hydrogen-bond acceptors (Lipinski definition) is 2. The fraction of sp³-hybridized carbons (Fsp3) is 0.316. The molecule has 0 spiro atoms. The molecule has 2 rings (SSSR count). The largest absolute Gasteiger partial charge is 0.456 e. The quantitative estimate of drug-likeness (QED) is 0.676. The Hall–Kier alpha value is -2.09. The summed E-state index contributed by atoms with van der Waals surface area (Å²) in [6.07, 6.45) is 0.477. The molecule has 0 atom stereocenters. The second-order valence-electron chi connectivity index (χ2n) is 5.57. The van der Waals surface area contributed by atoms with E-state index in [9.17, 15) is 4.79 Å². The second kappa shape index (κ2) is 6.57. The molecule has 0 radical (unpaired) electrons. The van der Waals surface area contributed by atoms with Crippen LogP contribution in [0.2, 0.25) is 0 Å². The fourth-order valence-corrected chi connectivity index (χ4v) is 2.30. The lowest BCUT2D eigenvalue weighted by Gasteiger charge is -2.16. The van der Waals surface area contributed by atoms with Crippen molar-refractivity contribution in [2.45, 2.75) is 40.0 Å². The molecule has 0 heterocycles. The molecular weight excluding hydrogens is 260 g/mol. The Morgan fingerprint density at radius 3 is 2.48 bits per heavy atom. The number of rotatable bonds is 5. The average Bonchev–Trinajstić information content (AvgIpc) is 2.47. The van der Waals surface area contributed by atoms with Crippen LogP contribution in [0.3, 0.4) is 0 Å². The van der Waals surface area contributed by atoms with Crippen LogP contribution >= 0.6 is 0 Å². The van der Waals surface area contributed by atoms with Gasteiger partial charge in [-0.25, -0.2) is 0 Å². The maximum Gasteiger partial charge on any atom is 0.166 e. The molecule has 0 aliphatic carbocycles. The van der Waals surface area contributed by atoms with Crippen LogP contribution in [0.1, 0.15) is 54.6 Å². The molecule has 0 saturated heterocycles. The van der Waals surface area contributed by atoms with Crippen molar-refractivity contribution in [3.63, 3.8) is 0 Å². The molecule has 110 valence electrons. The molecule has 2 aromatic carbocycles. The first-order chi connectivity index (χ1) is 10.0. The van der Waals surface area contributed by atoms with E-state index in [2.05, 4.69) is 26.0 Å². The van der Waals surface area contributed by atoms with E-state index in [1.807, 2.05) is 44.2 Å². The first-order valence-electron chi connectivity index (χ1n) is 7.43. The standard InChI is InChI=1S/C19H22O2/c1-5-17(20)16-8-6-7-9-18(16)21-19-12-14(4)10-11-15(19)13(2)3/h6-13H,5H2,1-4H3. The van der Waals surface area contributed by atoms with Crippen molar-refractivity contribution in [3.8, 4) is 11.5 Å². The Bertz CT molecular complexity index is 642. The third-order valence-corrected chi connectivity index (χ3v) is 3.52. The normalized spacial score (nSPS) is 10.7. The van der Waals surface area contributed by atoms with Gasteiger partial charge >= 0.3 is 0 Å². The van der Waals surface area contributed by atoms with Crippen molar-refractivity contribution in [2.24, 2.45) is 0 Å². The summed E-state index contributed by atoms with van der Waals surface area (Å²) in [7, 11) is 0. The topological polar surface area (TPSA) is 26.3 Å². The van der Waals surface area contributed by atoms with Crippen LogP contribution in [-0.4, -0.2) is 5.78 Å². The molecule has 0 fully saturated rings. The van der Waals surface area contributed by atoms with Gasteiger partial charge in [0.1, 0.15) is 11.5 Å². The Labute approximate surface area is 126 Å². The van der Waals surface area contributed by atoms with Crippen LogP contribution in [0, 0.1) is 6.92 Å². The summed E-state index contributed by atoms with van der Waals surface area (Å²) in [5.41, 5.74) is 2.95. The molecule has 0 unspecified atom stereocenters. The molecule has 2 nitrogen and oxygen atoms in total. The van der Waals surface area contributed by atoms with Gasteiger partial charge in [-0.2, -0.15) is 0 Å². The highest BCUT2D eigenvalue weighted by Crippen LogP contribution is 2.33. The number of carbonyl (C=O) groups is 1. The molecule has 2 aromatic rings. The van der Waals surface area contributed by atoms with Crippen LogP contribution in [-0.2, 0) is 0 Å². The van der Waals surface area contributed by atoms with Crippen molar-refractivity contribution >= 4 is 5.78 Å². The number of Topliss-reactive ketones (excluding diaryl/α,β-unsaturated/α-hetero) is 1. The molecule has 2 heteroatoms. The van der Waals surface area contributed by atoms with Gasteiger partial charge in [0, 0.05) is 6.42 Å². The van der Waals surface area contributed by atoms with E-state index in [4.69, 9.17) is 4.74 Å². The monoisotopic (exact) mass is 282 g/mol. The number of aryl methyl sites for hydroxylation is 1. The minimum Gasteiger partial charge on any atom is -0.456 e. The molecule has 21 heavy (non-hydrogen) atoms. The van der Waals surface area contributed by atoms with Crippen LogP contribution in [0.15, 0.2) is 42.5 Å². The number of ketones is 1. The van der Waals surface area contributed by atoms with Crippen molar-refractivity contribution in [1.29, 1.82) is 0 Å². The van der Waals surface area contributed by atoms with Crippen molar-refractivity contribution in [3.05, 3.63) is 59.2 Å². The zero-order valence-corrected chi connectivity index (χ0v) is 13.1. The number of hydrogen-bond donors (Lipinski definition) is 0. The van der Waals surface area contributed by atoms with Gasteiger partial charge in [-0.05, 0) is 42.2 Å². The zero-order valence-electron chi connectivity index (χ0n) is 13.1. The Morgan fingerprint density at radius 2 is 1.81 bits per heavy atom. The summed E-state index contributed by atoms with van der Waals surface area (Å²) >= 11 is 0. The van der Waals surface area contributed by atoms with E-state index in [1.54, 1.807) is 0 Å². The van der Waals surface area contributed by atoms with Crippen LogP contribution in [0.5, 0.6) is 11.5 Å². The highest BCUT2D eigenvalue weighted by Gasteiger charge is 2.14. The first kappa shape index (κ1) is 15.3. The van der Waals surface area contributed by atoms with Crippen molar-refractivity contribution in [2.75, 3.05) is 0 Å². The van der Waals surface area contributed by atoms with Gasteiger partial charge < -0.3 is 4.74 Å². The SMILES string of the molecule is CCC(=O)c1ccccc1Oc1cc(C)ccc1C(C)C. The molecule has 0 bridgehead atoms. The van der Waals surface area contributed by atoms with Gasteiger partial charge in [-0.1, -0.05) is 45.0 Å². The summed E-state index contributed by atoms with van der Waals surface area (Å²) in [6, 6.07) is 13.7. The number of para-hydroxylation sites is 1. The van der Waals surface area contributed by atoms with Gasteiger partial charge in [-0.3, -0.25) is 4.79 Å². The first-order valence-corrected chi connectivity index (χ1v) is 7.43. The number of ether oxygens (including phenoxy) is 1. The predicted molar refractivity (Wildman–Crippen MR) is 86.4 cm³/mol. The van der Waals surface area contributed by atoms with E-state index in [0.717, 1.165) is 16.9 Å². The van der Waals surface area contributed by atoms with Gasteiger partial charge in [0.2, 0.25) is 0 Å². The molecule has 0 amide bonds. The van der Waals surface area contributed by atoms with Crippen LogP contribution < -0.4 is 4.74 Å². The Kier molecular flexibility index (Phi) is 4.79. The van der Waals surface area contributed by atoms with Gasteiger partial charge in [-0.15, -0.1) is 0 Å². The van der Waals surface area contributed by atoms with E-state index < -0.39 is 0 Å². The fourth-order valence-electron chi connectivity index (χ4n) is 2.30. The summed E-state index contributed by atoms with van der Waals surface area (Å²) in [5, 5.41) is 0. The van der Waals surface area contributed by atoms with Gasteiger partial charge in [0.15, 0.2) is 5.78 Å². The molecule has 0 aliphatic heterocycles. The molecular formula is C19H22O2. The smallest absolute Gasteiger partial charge is 0.166 e. The predicted octanol–water partition coefficient (Wildman–Crippen LogP) is 5.50. The summed E-state index contributed by atoms with van der Waals surface area (Å²) in [4.78, 5) is 12.0. The highest BCUT2D eigenvalue weighted by molar-refractivity contribution is 5.98. The third-order valence-electron chi connectivity index (χ3n) is 3.52. The van der Waals surface area contributed by atoms with Gasteiger partial charge in [0.05, 0.1) is 5.56 Å². The second-order valence-corrected chi connectivity index (χ2v) is 5.57. The van der Waals surface area contributed by atoms with Gasteiger partial charge in [0.25, 0.3) is 0 Å². The summed E-state index contributed by atoms with van der Waals surface area (Å²) in [5.74, 6) is 1.94.